The van der Waals surface area contributed by atoms with Gasteiger partial charge in [0.05, 0.1) is 35.0 Å². The molecule has 4 aliphatic rings. The van der Waals surface area contributed by atoms with Crippen LogP contribution in [0.15, 0.2) is 18.5 Å². The zero-order valence-electron chi connectivity index (χ0n) is 19.0. The lowest BCUT2D eigenvalue weighted by atomic mass is 9.48. The summed E-state index contributed by atoms with van der Waals surface area (Å²) < 4.78 is 7.09. The molecule has 3 N–H and O–H groups in total. The van der Waals surface area contributed by atoms with Crippen molar-refractivity contribution in [3.05, 3.63) is 18.5 Å². The van der Waals surface area contributed by atoms with Crippen molar-refractivity contribution < 1.29 is 14.3 Å². The van der Waals surface area contributed by atoms with Crippen LogP contribution >= 0.6 is 0 Å². The predicted molar refractivity (Wildman–Crippen MR) is 124 cm³/mol. The first-order valence-corrected chi connectivity index (χ1v) is 11.8. The summed E-state index contributed by atoms with van der Waals surface area (Å²) in [6, 6.07) is 4.79. The molecule has 0 saturated heterocycles. The Labute approximate surface area is 196 Å². The van der Waals surface area contributed by atoms with E-state index in [1.807, 2.05) is 6.07 Å². The number of nitrogens with zero attached hydrogens (tertiary/aromatic N) is 4. The van der Waals surface area contributed by atoms with Crippen LogP contribution in [0.25, 0.3) is 21.9 Å². The Bertz CT molecular complexity index is 1320. The summed E-state index contributed by atoms with van der Waals surface area (Å²) >= 11 is 0. The van der Waals surface area contributed by atoms with Gasteiger partial charge in [0, 0.05) is 31.4 Å². The molecule has 4 aliphatic carbocycles. The molecule has 4 saturated carbocycles. The van der Waals surface area contributed by atoms with E-state index < -0.39 is 11.8 Å². The average molecular weight is 462 g/mol. The van der Waals surface area contributed by atoms with Crippen molar-refractivity contribution in [2.24, 2.45) is 23.2 Å². The third-order valence-corrected chi connectivity index (χ3v) is 8.04. The van der Waals surface area contributed by atoms with E-state index >= 15 is 0 Å². The summed E-state index contributed by atoms with van der Waals surface area (Å²) in [7, 11) is 1.53. The average Bonchev–Trinajstić information content (AvgIpc) is 3.43. The lowest BCUT2D eigenvalue weighted by molar-refractivity contribution is -0.136. The highest BCUT2D eigenvalue weighted by Gasteiger charge is 2.56. The number of hydrogen-bond acceptors (Lipinski definition) is 6. The van der Waals surface area contributed by atoms with Crippen LogP contribution < -0.4 is 10.6 Å². The number of rotatable bonds is 5. The number of amides is 2. The van der Waals surface area contributed by atoms with Gasteiger partial charge in [-0.15, -0.1) is 0 Å². The van der Waals surface area contributed by atoms with Crippen LogP contribution in [0.2, 0.25) is 0 Å². The zero-order valence-corrected chi connectivity index (χ0v) is 19.0. The van der Waals surface area contributed by atoms with Crippen LogP contribution in [0.4, 0.5) is 5.82 Å². The number of fused-ring (bicyclic) bond motifs is 3. The first-order chi connectivity index (χ1) is 16.5. The zero-order chi connectivity index (χ0) is 23.4. The number of pyridine rings is 1. The Balaban J connectivity index is 1.40. The maximum Gasteiger partial charge on any atom is 0.314 e. The Morgan fingerprint density at radius 2 is 2.03 bits per heavy atom. The molecule has 4 fully saturated rings. The van der Waals surface area contributed by atoms with Gasteiger partial charge in [-0.2, -0.15) is 5.26 Å². The molecular formula is C24H27N7O3. The summed E-state index contributed by atoms with van der Waals surface area (Å²) in [6.07, 6.45) is 8.52. The topological polar surface area (TPSA) is 138 Å². The Morgan fingerprint density at radius 1 is 1.24 bits per heavy atom. The van der Waals surface area contributed by atoms with Crippen LogP contribution in [0.5, 0.6) is 0 Å². The minimum absolute atomic E-state index is 0.188. The number of aromatic amines is 1. The fraction of sp³-hybridized carbons (Fsp3) is 0.542. The molecule has 2 atom stereocenters. The van der Waals surface area contributed by atoms with E-state index in [0.29, 0.717) is 35.8 Å². The molecule has 0 spiro atoms. The highest BCUT2D eigenvalue weighted by atomic mass is 16.5. The van der Waals surface area contributed by atoms with Gasteiger partial charge in [-0.25, -0.2) is 9.97 Å². The molecule has 3 aromatic rings. The van der Waals surface area contributed by atoms with Gasteiger partial charge < -0.3 is 15.4 Å². The van der Waals surface area contributed by atoms with Gasteiger partial charge in [0.2, 0.25) is 0 Å². The largest absolute Gasteiger partial charge is 0.383 e. The quantitative estimate of drug-likeness (QED) is 0.394. The molecule has 0 radical (unpaired) electrons. The summed E-state index contributed by atoms with van der Waals surface area (Å²) in [5.74, 6) is 0.380. The van der Waals surface area contributed by atoms with Gasteiger partial charge >= 0.3 is 11.8 Å². The molecule has 0 aromatic carbocycles. The third-order valence-electron chi connectivity index (χ3n) is 8.04. The first kappa shape index (κ1) is 21.1. The summed E-state index contributed by atoms with van der Waals surface area (Å²) in [5, 5.41) is 20.3. The van der Waals surface area contributed by atoms with Crippen LogP contribution in [0, 0.1) is 34.5 Å². The lowest BCUT2D eigenvalue weighted by Gasteiger charge is -2.57. The van der Waals surface area contributed by atoms with Gasteiger partial charge in [-0.3, -0.25) is 19.4 Å². The molecule has 2 amide bonds. The number of anilines is 1. The first-order valence-electron chi connectivity index (χ1n) is 11.8. The smallest absolute Gasteiger partial charge is 0.314 e. The highest BCUT2D eigenvalue weighted by Crippen LogP contribution is 2.63. The van der Waals surface area contributed by atoms with Gasteiger partial charge in [-0.1, -0.05) is 0 Å². The maximum atomic E-state index is 12.6. The van der Waals surface area contributed by atoms with E-state index in [4.69, 9.17) is 4.74 Å². The van der Waals surface area contributed by atoms with E-state index in [-0.39, 0.29) is 18.0 Å². The van der Waals surface area contributed by atoms with E-state index in [1.54, 1.807) is 12.4 Å². The summed E-state index contributed by atoms with van der Waals surface area (Å²) in [5.41, 5.74) is 1.39. The standard InChI is InChI=1S/C24H27N7O3/c1-34-5-4-27-22(32)23(33)29-21-17-11-28-20-16(2-3-26-20)19(17)31(30-21)18-14-6-13-7-15(18)10-24(8-13,9-14)12-25/h2-3,11,13-15,18,30H,4-10H2,1H3,(H,27,32)(H,29,33). The number of hydrogen-bond donors (Lipinski definition) is 3. The Hall–Kier alpha value is -3.45. The molecule has 10 heteroatoms. The van der Waals surface area contributed by atoms with Crippen LogP contribution in [0.3, 0.4) is 0 Å². The second kappa shape index (κ2) is 7.81. The fourth-order valence-corrected chi connectivity index (χ4v) is 7.02. The Kier molecular flexibility index (Phi) is 4.85. The molecule has 7 rings (SSSR count). The molecule has 3 heterocycles. The van der Waals surface area contributed by atoms with Crippen molar-refractivity contribution in [2.75, 3.05) is 25.6 Å². The molecule has 0 aliphatic heterocycles. The number of nitriles is 1. The van der Waals surface area contributed by atoms with Gasteiger partial charge in [-0.05, 0) is 55.9 Å². The van der Waals surface area contributed by atoms with Gasteiger partial charge in [0.1, 0.15) is 5.82 Å². The van der Waals surface area contributed by atoms with Crippen molar-refractivity contribution in [3.8, 4) is 6.07 Å². The van der Waals surface area contributed by atoms with Crippen LogP contribution in [-0.4, -0.2) is 51.8 Å². The second-order valence-electron chi connectivity index (χ2n) is 10.1. The fourth-order valence-electron chi connectivity index (χ4n) is 7.02. The molecule has 4 bridgehead atoms. The van der Waals surface area contributed by atoms with Crippen LogP contribution in [0.1, 0.15) is 38.1 Å². The van der Waals surface area contributed by atoms with Crippen molar-refractivity contribution in [1.82, 2.24) is 25.1 Å². The Morgan fingerprint density at radius 3 is 2.76 bits per heavy atom. The summed E-state index contributed by atoms with van der Waals surface area (Å²) in [4.78, 5) is 33.7. The third kappa shape index (κ3) is 3.18. The number of carbonyl (C=O) groups excluding carboxylic acids is 2. The van der Waals surface area contributed by atoms with Crippen molar-refractivity contribution in [3.63, 3.8) is 0 Å². The molecule has 10 nitrogen and oxygen atoms in total. The van der Waals surface area contributed by atoms with E-state index in [9.17, 15) is 14.9 Å². The normalized spacial score (nSPS) is 29.4. The molecule has 176 valence electrons. The van der Waals surface area contributed by atoms with Crippen LogP contribution in [-0.2, 0) is 14.3 Å². The number of carbonyl (C=O) groups is 2. The molecule has 2 unspecified atom stereocenters. The van der Waals surface area contributed by atoms with Crippen molar-refractivity contribution in [1.29, 1.82) is 5.26 Å². The highest BCUT2D eigenvalue weighted by molar-refractivity contribution is 6.40. The van der Waals surface area contributed by atoms with E-state index in [2.05, 4.69) is 36.5 Å². The van der Waals surface area contributed by atoms with Crippen molar-refractivity contribution in [2.45, 2.75) is 38.1 Å². The predicted octanol–water partition coefficient (Wildman–Crippen LogP) is 2.50. The van der Waals surface area contributed by atoms with E-state index in [1.165, 1.54) is 7.11 Å². The minimum Gasteiger partial charge on any atom is -0.383 e. The minimum atomic E-state index is -0.749. The maximum absolute atomic E-state index is 12.6. The number of nitrogens with one attached hydrogen (secondary N) is 3. The number of H-pyrrole nitrogens is 1. The SMILES string of the molecule is COCCNC(=O)C(=O)Nc1[nH]n(C2C3CC4CC2CC(C#N)(C4)C3)c2c1cnc1nccc12. The van der Waals surface area contributed by atoms with Gasteiger partial charge in [0.15, 0.2) is 5.65 Å². The molecular weight excluding hydrogens is 434 g/mol. The monoisotopic (exact) mass is 461 g/mol. The number of aromatic nitrogens is 4. The number of methoxy groups -OCH3 is 1. The lowest BCUT2D eigenvalue weighted by Crippen LogP contribution is -2.51. The molecule has 3 aromatic heterocycles. The van der Waals surface area contributed by atoms with Gasteiger partial charge in [0.25, 0.3) is 0 Å². The molecule has 34 heavy (non-hydrogen) atoms. The summed E-state index contributed by atoms with van der Waals surface area (Å²) in [6.45, 7) is 0.578. The van der Waals surface area contributed by atoms with E-state index in [0.717, 1.165) is 48.4 Å². The van der Waals surface area contributed by atoms with Crippen molar-refractivity contribution >= 4 is 39.6 Å². The second-order valence-corrected chi connectivity index (χ2v) is 10.1. The number of ether oxygens (including phenoxy) is 1.